The lowest BCUT2D eigenvalue weighted by Gasteiger charge is -2.07. The van der Waals surface area contributed by atoms with Crippen molar-refractivity contribution < 1.29 is 14.6 Å². The Labute approximate surface area is 93.4 Å². The van der Waals surface area contributed by atoms with Gasteiger partial charge in [-0.25, -0.2) is 4.79 Å². The van der Waals surface area contributed by atoms with E-state index in [9.17, 15) is 4.79 Å². The fourth-order valence-corrected chi connectivity index (χ4v) is 1.59. The molecule has 2 amide bonds. The molecule has 0 atom stereocenters. The van der Waals surface area contributed by atoms with Crippen molar-refractivity contribution in [1.29, 1.82) is 0 Å². The van der Waals surface area contributed by atoms with Crippen LogP contribution in [-0.4, -0.2) is 24.3 Å². The van der Waals surface area contributed by atoms with Crippen molar-refractivity contribution in [2.45, 2.75) is 13.2 Å². The normalized spacial score (nSPS) is 13.3. The van der Waals surface area contributed by atoms with Crippen molar-refractivity contribution in [1.82, 2.24) is 5.32 Å². The molecule has 1 aromatic carbocycles. The molecule has 0 bridgehead atoms. The summed E-state index contributed by atoms with van der Waals surface area (Å²) in [5.41, 5.74) is 3.01. The molecule has 2 rings (SSSR count). The van der Waals surface area contributed by atoms with E-state index in [2.05, 4.69) is 10.6 Å². The van der Waals surface area contributed by atoms with E-state index in [1.165, 1.54) is 5.56 Å². The van der Waals surface area contributed by atoms with Crippen LogP contribution in [0, 0.1) is 0 Å². The summed E-state index contributed by atoms with van der Waals surface area (Å²) in [5, 5.41) is 13.8. The minimum atomic E-state index is -0.312. The van der Waals surface area contributed by atoms with Crippen molar-refractivity contribution in [3.63, 3.8) is 0 Å². The average Bonchev–Trinajstić information content (AvgIpc) is 2.73. The number of fused-ring (bicyclic) bond motifs is 1. The lowest BCUT2D eigenvalue weighted by atomic mass is 10.1. The second-order valence-electron chi connectivity index (χ2n) is 3.58. The molecular formula is C11H14N2O3. The third kappa shape index (κ3) is 2.50. The van der Waals surface area contributed by atoms with E-state index in [1.54, 1.807) is 0 Å². The van der Waals surface area contributed by atoms with Crippen LogP contribution >= 0.6 is 0 Å². The molecule has 1 aliphatic rings. The Morgan fingerprint density at radius 1 is 1.38 bits per heavy atom. The Hall–Kier alpha value is -1.59. The number of anilines is 1. The monoisotopic (exact) mass is 222 g/mol. The summed E-state index contributed by atoms with van der Waals surface area (Å²) in [4.78, 5) is 11.3. The molecule has 0 spiro atoms. The van der Waals surface area contributed by atoms with Crippen LogP contribution in [0.1, 0.15) is 11.1 Å². The van der Waals surface area contributed by atoms with Crippen LogP contribution in [0.2, 0.25) is 0 Å². The quantitative estimate of drug-likeness (QED) is 0.709. The Balaban J connectivity index is 1.97. The SMILES string of the molecule is O=C(NCCO)Nc1ccc2c(c1)COC2. The number of hydrogen-bond acceptors (Lipinski definition) is 3. The molecule has 0 aromatic heterocycles. The van der Waals surface area contributed by atoms with E-state index in [4.69, 9.17) is 9.84 Å². The maximum Gasteiger partial charge on any atom is 0.319 e. The zero-order valence-electron chi connectivity index (χ0n) is 8.82. The number of ether oxygens (including phenoxy) is 1. The first kappa shape index (κ1) is 10.9. The standard InChI is InChI=1S/C11H14N2O3/c14-4-3-12-11(15)13-10-2-1-8-6-16-7-9(8)5-10/h1-2,5,14H,3-4,6-7H2,(H2,12,13,15). The molecule has 5 nitrogen and oxygen atoms in total. The molecule has 16 heavy (non-hydrogen) atoms. The molecule has 0 saturated heterocycles. The number of amides is 2. The molecule has 0 aliphatic carbocycles. The number of aliphatic hydroxyl groups excluding tert-OH is 1. The van der Waals surface area contributed by atoms with Gasteiger partial charge in [0.25, 0.3) is 0 Å². The van der Waals surface area contributed by atoms with Gasteiger partial charge in [0.05, 0.1) is 19.8 Å². The zero-order chi connectivity index (χ0) is 11.4. The lowest BCUT2D eigenvalue weighted by molar-refractivity contribution is 0.134. The second kappa shape index (κ2) is 4.96. The maximum absolute atomic E-state index is 11.3. The van der Waals surface area contributed by atoms with E-state index in [0.717, 1.165) is 11.3 Å². The van der Waals surface area contributed by atoms with Crippen LogP contribution in [0.5, 0.6) is 0 Å². The Bertz CT molecular complexity index is 393. The summed E-state index contributed by atoms with van der Waals surface area (Å²) in [6, 6.07) is 5.38. The first-order valence-electron chi connectivity index (χ1n) is 5.15. The minimum absolute atomic E-state index is 0.0640. The van der Waals surface area contributed by atoms with E-state index < -0.39 is 0 Å². The van der Waals surface area contributed by atoms with Gasteiger partial charge in [0.2, 0.25) is 0 Å². The van der Waals surface area contributed by atoms with Gasteiger partial charge in [0.1, 0.15) is 0 Å². The summed E-state index contributed by atoms with van der Waals surface area (Å²) in [6.45, 7) is 1.43. The van der Waals surface area contributed by atoms with Crippen LogP contribution in [0.3, 0.4) is 0 Å². The third-order valence-corrected chi connectivity index (χ3v) is 2.38. The maximum atomic E-state index is 11.3. The second-order valence-corrected chi connectivity index (χ2v) is 3.58. The van der Waals surface area contributed by atoms with E-state index in [-0.39, 0.29) is 19.2 Å². The number of benzene rings is 1. The number of rotatable bonds is 3. The predicted octanol–water partition coefficient (Wildman–Crippen LogP) is 0.831. The highest BCUT2D eigenvalue weighted by Gasteiger charge is 2.11. The van der Waals surface area contributed by atoms with E-state index in [1.807, 2.05) is 18.2 Å². The van der Waals surface area contributed by atoms with Crippen molar-refractivity contribution in [2.24, 2.45) is 0 Å². The fraction of sp³-hybridized carbons (Fsp3) is 0.364. The van der Waals surface area contributed by atoms with Crippen molar-refractivity contribution in [2.75, 3.05) is 18.5 Å². The van der Waals surface area contributed by atoms with Crippen LogP contribution in [-0.2, 0) is 18.0 Å². The molecule has 0 unspecified atom stereocenters. The summed E-state index contributed by atoms with van der Waals surface area (Å²) in [5.74, 6) is 0. The third-order valence-electron chi connectivity index (χ3n) is 2.38. The molecule has 0 fully saturated rings. The number of nitrogens with one attached hydrogen (secondary N) is 2. The van der Waals surface area contributed by atoms with Gasteiger partial charge in [-0.15, -0.1) is 0 Å². The number of urea groups is 1. The first-order chi connectivity index (χ1) is 7.79. The van der Waals surface area contributed by atoms with Gasteiger partial charge in [-0.1, -0.05) is 6.07 Å². The molecule has 1 heterocycles. The zero-order valence-corrected chi connectivity index (χ0v) is 8.82. The molecule has 0 saturated carbocycles. The number of aliphatic hydroxyl groups is 1. The van der Waals surface area contributed by atoms with E-state index in [0.29, 0.717) is 13.2 Å². The number of carbonyl (C=O) groups is 1. The van der Waals surface area contributed by atoms with Gasteiger partial charge in [0.15, 0.2) is 0 Å². The summed E-state index contributed by atoms with van der Waals surface area (Å²) in [7, 11) is 0. The fourth-order valence-electron chi connectivity index (χ4n) is 1.59. The van der Waals surface area contributed by atoms with Crippen LogP contribution in [0.25, 0.3) is 0 Å². The highest BCUT2D eigenvalue weighted by Crippen LogP contribution is 2.22. The van der Waals surface area contributed by atoms with Crippen molar-refractivity contribution in [3.8, 4) is 0 Å². The summed E-state index contributed by atoms with van der Waals surface area (Å²) in [6.07, 6.45) is 0. The van der Waals surface area contributed by atoms with Gasteiger partial charge in [-0.2, -0.15) is 0 Å². The molecule has 3 N–H and O–H groups in total. The van der Waals surface area contributed by atoms with Gasteiger partial charge in [-0.3, -0.25) is 0 Å². The Kier molecular flexibility index (Phi) is 3.38. The molecule has 1 aromatic rings. The van der Waals surface area contributed by atoms with Crippen LogP contribution < -0.4 is 10.6 Å². The van der Waals surface area contributed by atoms with Gasteiger partial charge in [0, 0.05) is 12.2 Å². The largest absolute Gasteiger partial charge is 0.395 e. The van der Waals surface area contributed by atoms with Crippen molar-refractivity contribution in [3.05, 3.63) is 29.3 Å². The molecule has 1 aliphatic heterocycles. The molecular weight excluding hydrogens is 208 g/mol. The topological polar surface area (TPSA) is 70.6 Å². The van der Waals surface area contributed by atoms with Crippen molar-refractivity contribution >= 4 is 11.7 Å². The van der Waals surface area contributed by atoms with Crippen LogP contribution in [0.4, 0.5) is 10.5 Å². The Morgan fingerprint density at radius 3 is 3.00 bits per heavy atom. The Morgan fingerprint density at radius 2 is 2.19 bits per heavy atom. The lowest BCUT2D eigenvalue weighted by Crippen LogP contribution is -2.30. The number of hydrogen-bond donors (Lipinski definition) is 3. The molecule has 86 valence electrons. The summed E-state index contributed by atoms with van der Waals surface area (Å²) < 4.78 is 5.28. The minimum Gasteiger partial charge on any atom is -0.395 e. The smallest absolute Gasteiger partial charge is 0.319 e. The highest BCUT2D eigenvalue weighted by atomic mass is 16.5. The average molecular weight is 222 g/mol. The number of carbonyl (C=O) groups excluding carboxylic acids is 1. The first-order valence-corrected chi connectivity index (χ1v) is 5.15. The van der Waals surface area contributed by atoms with Gasteiger partial charge in [-0.05, 0) is 23.3 Å². The highest BCUT2D eigenvalue weighted by molar-refractivity contribution is 5.89. The molecule has 5 heteroatoms. The van der Waals surface area contributed by atoms with Crippen LogP contribution in [0.15, 0.2) is 18.2 Å². The summed E-state index contributed by atoms with van der Waals surface area (Å²) >= 11 is 0. The van der Waals surface area contributed by atoms with Gasteiger partial charge >= 0.3 is 6.03 Å². The van der Waals surface area contributed by atoms with Gasteiger partial charge < -0.3 is 20.5 Å². The predicted molar refractivity (Wildman–Crippen MR) is 59.0 cm³/mol. The molecule has 0 radical (unpaired) electrons. The van der Waals surface area contributed by atoms with E-state index >= 15 is 0 Å².